The summed E-state index contributed by atoms with van der Waals surface area (Å²) in [7, 11) is 1.08. The Hall–Kier alpha value is -3.36. The summed E-state index contributed by atoms with van der Waals surface area (Å²) in [6.07, 6.45) is -1.17. The third-order valence-corrected chi connectivity index (χ3v) is 3.47. The molecule has 0 aliphatic carbocycles. The zero-order valence-corrected chi connectivity index (χ0v) is 13.7. The van der Waals surface area contributed by atoms with E-state index in [4.69, 9.17) is 4.74 Å². The summed E-state index contributed by atoms with van der Waals surface area (Å²) in [5, 5.41) is 11.0. The van der Waals surface area contributed by atoms with Crippen molar-refractivity contribution in [2.75, 3.05) is 7.11 Å². The van der Waals surface area contributed by atoms with E-state index in [1.165, 1.54) is 6.92 Å². The van der Waals surface area contributed by atoms with Crippen LogP contribution in [0.15, 0.2) is 36.4 Å². The second-order valence-corrected chi connectivity index (χ2v) is 5.23. The second kappa shape index (κ2) is 7.68. The number of non-ortho nitro benzene ring substituents is 1. The smallest absolute Gasteiger partial charge is 0.339 e. The SMILES string of the molecule is COC(=O)c1cc(C(=O)OC(C)c2cc(F)ccc2F)cc([N+](=O)[O-])c1. The summed E-state index contributed by atoms with van der Waals surface area (Å²) in [5.41, 5.74) is -1.25. The number of carbonyl (C=O) groups is 2. The van der Waals surface area contributed by atoms with Crippen molar-refractivity contribution in [3.05, 3.63) is 74.8 Å². The molecular weight excluding hydrogens is 352 g/mol. The number of methoxy groups -OCH3 is 1. The van der Waals surface area contributed by atoms with Gasteiger partial charge in [-0.2, -0.15) is 0 Å². The third-order valence-electron chi connectivity index (χ3n) is 3.47. The molecule has 0 aliphatic rings. The minimum absolute atomic E-state index is 0.197. The highest BCUT2D eigenvalue weighted by molar-refractivity contribution is 5.96. The molecule has 0 fully saturated rings. The number of rotatable bonds is 5. The lowest BCUT2D eigenvalue weighted by molar-refractivity contribution is -0.384. The van der Waals surface area contributed by atoms with Crippen LogP contribution in [0, 0.1) is 21.7 Å². The zero-order chi connectivity index (χ0) is 19.4. The van der Waals surface area contributed by atoms with Crippen molar-refractivity contribution in [1.82, 2.24) is 0 Å². The van der Waals surface area contributed by atoms with E-state index in [1.807, 2.05) is 0 Å². The van der Waals surface area contributed by atoms with E-state index >= 15 is 0 Å². The Morgan fingerprint density at radius 1 is 1.08 bits per heavy atom. The Balaban J connectivity index is 2.33. The third kappa shape index (κ3) is 4.18. The molecule has 0 radical (unpaired) electrons. The number of carbonyl (C=O) groups excluding carboxylic acids is 2. The summed E-state index contributed by atoms with van der Waals surface area (Å²) >= 11 is 0. The number of nitro benzene ring substituents is 1. The fraction of sp³-hybridized carbons (Fsp3) is 0.176. The van der Waals surface area contributed by atoms with E-state index in [0.29, 0.717) is 0 Å². The van der Waals surface area contributed by atoms with Gasteiger partial charge in [-0.25, -0.2) is 18.4 Å². The monoisotopic (exact) mass is 365 g/mol. The Bertz CT molecular complexity index is 884. The molecule has 0 saturated heterocycles. The summed E-state index contributed by atoms with van der Waals surface area (Å²) < 4.78 is 36.5. The van der Waals surface area contributed by atoms with Gasteiger partial charge >= 0.3 is 11.9 Å². The molecule has 0 bridgehead atoms. The molecule has 0 saturated carbocycles. The van der Waals surface area contributed by atoms with Crippen molar-refractivity contribution in [2.24, 2.45) is 0 Å². The zero-order valence-electron chi connectivity index (χ0n) is 13.7. The van der Waals surface area contributed by atoms with Crippen LogP contribution in [0.3, 0.4) is 0 Å². The molecule has 0 spiro atoms. The van der Waals surface area contributed by atoms with E-state index in [1.54, 1.807) is 0 Å². The number of hydrogen-bond donors (Lipinski definition) is 0. The van der Waals surface area contributed by atoms with Gasteiger partial charge in [0, 0.05) is 17.7 Å². The lowest BCUT2D eigenvalue weighted by atomic mass is 10.1. The molecule has 0 amide bonds. The first-order valence-corrected chi connectivity index (χ1v) is 7.26. The molecule has 0 aliphatic heterocycles. The predicted octanol–water partition coefficient (Wildman–Crippen LogP) is 3.58. The number of halogens is 2. The van der Waals surface area contributed by atoms with E-state index in [-0.39, 0.29) is 16.7 Å². The van der Waals surface area contributed by atoms with Gasteiger partial charge in [-0.05, 0) is 31.2 Å². The molecule has 136 valence electrons. The number of nitro groups is 1. The van der Waals surface area contributed by atoms with E-state index in [9.17, 15) is 28.5 Å². The highest BCUT2D eigenvalue weighted by Gasteiger charge is 2.22. The molecule has 1 atom stereocenters. The number of nitrogens with zero attached hydrogens (tertiary/aromatic N) is 1. The van der Waals surface area contributed by atoms with Crippen LogP contribution in [-0.2, 0) is 9.47 Å². The standard InChI is InChI=1S/C17H13F2NO6/c1-9(14-8-12(18)3-4-15(14)19)26-17(22)11-5-10(16(21)25-2)6-13(7-11)20(23)24/h3-9H,1-2H3. The average Bonchev–Trinajstić information content (AvgIpc) is 2.62. The Morgan fingerprint density at radius 3 is 2.27 bits per heavy atom. The normalized spacial score (nSPS) is 11.5. The first-order chi connectivity index (χ1) is 12.2. The van der Waals surface area contributed by atoms with Gasteiger partial charge in [0.1, 0.15) is 17.7 Å². The minimum atomic E-state index is -1.17. The lowest BCUT2D eigenvalue weighted by Gasteiger charge is -2.15. The van der Waals surface area contributed by atoms with Gasteiger partial charge in [-0.1, -0.05) is 0 Å². The van der Waals surface area contributed by atoms with Crippen LogP contribution in [0.4, 0.5) is 14.5 Å². The minimum Gasteiger partial charge on any atom is -0.465 e. The summed E-state index contributed by atoms with van der Waals surface area (Å²) in [6.45, 7) is 1.31. The van der Waals surface area contributed by atoms with Gasteiger partial charge in [0.05, 0.1) is 23.2 Å². The molecule has 7 nitrogen and oxygen atoms in total. The maximum absolute atomic E-state index is 13.8. The van der Waals surface area contributed by atoms with E-state index in [0.717, 1.165) is 43.5 Å². The molecule has 1 unspecified atom stereocenters. The fourth-order valence-electron chi connectivity index (χ4n) is 2.19. The van der Waals surface area contributed by atoms with Crippen LogP contribution in [0.5, 0.6) is 0 Å². The molecule has 2 aromatic carbocycles. The van der Waals surface area contributed by atoms with Crippen molar-refractivity contribution in [1.29, 1.82) is 0 Å². The van der Waals surface area contributed by atoms with Crippen molar-refractivity contribution in [3.8, 4) is 0 Å². The largest absolute Gasteiger partial charge is 0.465 e. The number of esters is 2. The van der Waals surface area contributed by atoms with Crippen LogP contribution in [0.2, 0.25) is 0 Å². The average molecular weight is 365 g/mol. The van der Waals surface area contributed by atoms with Crippen LogP contribution in [0.25, 0.3) is 0 Å². The maximum Gasteiger partial charge on any atom is 0.339 e. The van der Waals surface area contributed by atoms with Crippen LogP contribution in [0.1, 0.15) is 39.3 Å². The molecular formula is C17H13F2NO6. The molecule has 2 rings (SSSR count). The van der Waals surface area contributed by atoms with E-state index in [2.05, 4.69) is 4.74 Å². The Kier molecular flexibility index (Phi) is 5.61. The predicted molar refractivity (Wildman–Crippen MR) is 84.6 cm³/mol. The highest BCUT2D eigenvalue weighted by atomic mass is 19.1. The summed E-state index contributed by atoms with van der Waals surface area (Å²) in [4.78, 5) is 34.0. The van der Waals surface area contributed by atoms with Gasteiger partial charge < -0.3 is 9.47 Å². The topological polar surface area (TPSA) is 95.7 Å². The summed E-state index contributed by atoms with van der Waals surface area (Å²) in [6, 6.07) is 5.58. The Labute approximate surface area is 146 Å². The molecule has 9 heteroatoms. The molecule has 2 aromatic rings. The summed E-state index contributed by atoms with van der Waals surface area (Å²) in [5.74, 6) is -3.42. The van der Waals surface area contributed by atoms with Gasteiger partial charge in [0.2, 0.25) is 0 Å². The van der Waals surface area contributed by atoms with Gasteiger partial charge in [0.25, 0.3) is 5.69 Å². The van der Waals surface area contributed by atoms with Crippen molar-refractivity contribution in [2.45, 2.75) is 13.0 Å². The van der Waals surface area contributed by atoms with E-state index < -0.39 is 40.3 Å². The highest BCUT2D eigenvalue weighted by Crippen LogP contribution is 2.24. The van der Waals surface area contributed by atoms with Crippen LogP contribution in [-0.4, -0.2) is 24.0 Å². The quantitative estimate of drug-likeness (QED) is 0.457. The maximum atomic E-state index is 13.8. The van der Waals surface area contributed by atoms with Gasteiger partial charge in [-0.3, -0.25) is 10.1 Å². The van der Waals surface area contributed by atoms with Crippen LogP contribution >= 0.6 is 0 Å². The number of hydrogen-bond acceptors (Lipinski definition) is 6. The van der Waals surface area contributed by atoms with Crippen LogP contribution < -0.4 is 0 Å². The van der Waals surface area contributed by atoms with Crippen molar-refractivity contribution in [3.63, 3.8) is 0 Å². The number of benzene rings is 2. The lowest BCUT2D eigenvalue weighted by Crippen LogP contribution is -2.12. The number of ether oxygens (including phenoxy) is 2. The molecule has 0 N–H and O–H groups in total. The first kappa shape index (κ1) is 19.0. The van der Waals surface area contributed by atoms with Crippen molar-refractivity contribution >= 4 is 17.6 Å². The Morgan fingerprint density at radius 2 is 1.69 bits per heavy atom. The van der Waals surface area contributed by atoms with Gasteiger partial charge in [0.15, 0.2) is 0 Å². The molecule has 0 heterocycles. The molecule has 0 aromatic heterocycles. The van der Waals surface area contributed by atoms with Gasteiger partial charge in [-0.15, -0.1) is 0 Å². The molecule has 26 heavy (non-hydrogen) atoms. The van der Waals surface area contributed by atoms with Crippen molar-refractivity contribution < 1.29 is 32.8 Å². The fourth-order valence-corrected chi connectivity index (χ4v) is 2.19. The first-order valence-electron chi connectivity index (χ1n) is 7.26. The second-order valence-electron chi connectivity index (χ2n) is 5.23.